The SMILES string of the molecule is CNC(=O)c1cc2sccc2n1Cc1cccc(F)c1. The Balaban J connectivity index is 2.08. The van der Waals surface area contributed by atoms with Crippen LogP contribution in [-0.2, 0) is 6.54 Å². The lowest BCUT2D eigenvalue weighted by Gasteiger charge is -2.09. The van der Waals surface area contributed by atoms with Crippen LogP contribution >= 0.6 is 11.3 Å². The van der Waals surface area contributed by atoms with Crippen molar-refractivity contribution < 1.29 is 9.18 Å². The highest BCUT2D eigenvalue weighted by Crippen LogP contribution is 2.26. The van der Waals surface area contributed by atoms with Crippen molar-refractivity contribution in [1.82, 2.24) is 9.88 Å². The fraction of sp³-hybridized carbons (Fsp3) is 0.133. The largest absolute Gasteiger partial charge is 0.354 e. The molecule has 5 heteroatoms. The highest BCUT2D eigenvalue weighted by Gasteiger charge is 2.15. The summed E-state index contributed by atoms with van der Waals surface area (Å²) in [7, 11) is 1.61. The van der Waals surface area contributed by atoms with Crippen LogP contribution in [0.25, 0.3) is 10.2 Å². The van der Waals surface area contributed by atoms with Crippen molar-refractivity contribution in [3.05, 3.63) is 58.9 Å². The van der Waals surface area contributed by atoms with Crippen LogP contribution in [-0.4, -0.2) is 17.5 Å². The van der Waals surface area contributed by atoms with Gasteiger partial charge in [0.05, 0.1) is 10.2 Å². The van der Waals surface area contributed by atoms with E-state index in [0.717, 1.165) is 15.8 Å². The Labute approximate surface area is 119 Å². The summed E-state index contributed by atoms with van der Waals surface area (Å²) in [6.45, 7) is 0.473. The van der Waals surface area contributed by atoms with Gasteiger partial charge in [-0.15, -0.1) is 11.3 Å². The monoisotopic (exact) mass is 288 g/mol. The lowest BCUT2D eigenvalue weighted by molar-refractivity contribution is 0.0955. The van der Waals surface area contributed by atoms with Crippen LogP contribution in [0.1, 0.15) is 16.1 Å². The van der Waals surface area contributed by atoms with Gasteiger partial charge in [-0.05, 0) is 35.2 Å². The molecular weight excluding hydrogens is 275 g/mol. The first-order valence-corrected chi connectivity index (χ1v) is 7.10. The molecule has 3 nitrogen and oxygen atoms in total. The first-order chi connectivity index (χ1) is 9.69. The molecule has 0 unspecified atom stereocenters. The highest BCUT2D eigenvalue weighted by molar-refractivity contribution is 7.17. The van der Waals surface area contributed by atoms with Crippen molar-refractivity contribution in [2.75, 3.05) is 7.05 Å². The first-order valence-electron chi connectivity index (χ1n) is 6.22. The zero-order valence-corrected chi connectivity index (χ0v) is 11.7. The van der Waals surface area contributed by atoms with Gasteiger partial charge in [0.25, 0.3) is 5.91 Å². The Morgan fingerprint density at radius 1 is 1.35 bits per heavy atom. The summed E-state index contributed by atoms with van der Waals surface area (Å²) in [6, 6.07) is 10.3. The van der Waals surface area contributed by atoms with Crippen LogP contribution in [0.4, 0.5) is 4.39 Å². The lowest BCUT2D eigenvalue weighted by Crippen LogP contribution is -2.21. The zero-order valence-electron chi connectivity index (χ0n) is 10.9. The third kappa shape index (κ3) is 2.20. The smallest absolute Gasteiger partial charge is 0.267 e. The molecule has 1 aromatic carbocycles. The van der Waals surface area contributed by atoms with Crippen molar-refractivity contribution in [3.8, 4) is 0 Å². The molecule has 3 aromatic rings. The average molecular weight is 288 g/mol. The second-order valence-electron chi connectivity index (χ2n) is 4.49. The van der Waals surface area contributed by atoms with E-state index in [0.29, 0.717) is 12.2 Å². The maximum absolute atomic E-state index is 13.3. The van der Waals surface area contributed by atoms with Gasteiger partial charge in [-0.25, -0.2) is 4.39 Å². The molecule has 2 aromatic heterocycles. The number of hydrogen-bond donors (Lipinski definition) is 1. The number of rotatable bonds is 3. The van der Waals surface area contributed by atoms with E-state index in [1.807, 2.05) is 28.1 Å². The molecule has 3 rings (SSSR count). The van der Waals surface area contributed by atoms with E-state index in [-0.39, 0.29) is 11.7 Å². The molecule has 0 radical (unpaired) electrons. The van der Waals surface area contributed by atoms with Gasteiger partial charge in [0.2, 0.25) is 0 Å². The number of benzene rings is 1. The number of fused-ring (bicyclic) bond motifs is 1. The number of halogens is 1. The van der Waals surface area contributed by atoms with Crippen LogP contribution in [0.5, 0.6) is 0 Å². The minimum atomic E-state index is -0.266. The predicted molar refractivity (Wildman–Crippen MR) is 78.7 cm³/mol. The zero-order chi connectivity index (χ0) is 14.1. The molecule has 0 fully saturated rings. The molecule has 1 amide bonds. The van der Waals surface area contributed by atoms with Gasteiger partial charge in [-0.2, -0.15) is 0 Å². The Kier molecular flexibility index (Phi) is 3.28. The summed E-state index contributed by atoms with van der Waals surface area (Å²) in [4.78, 5) is 12.0. The topological polar surface area (TPSA) is 34.0 Å². The highest BCUT2D eigenvalue weighted by atomic mass is 32.1. The van der Waals surface area contributed by atoms with Crippen molar-refractivity contribution in [3.63, 3.8) is 0 Å². The third-order valence-corrected chi connectivity index (χ3v) is 4.07. The van der Waals surface area contributed by atoms with Gasteiger partial charge < -0.3 is 9.88 Å². The summed E-state index contributed by atoms with van der Waals surface area (Å²) >= 11 is 1.59. The van der Waals surface area contributed by atoms with Gasteiger partial charge in [-0.3, -0.25) is 4.79 Å². The minimum Gasteiger partial charge on any atom is -0.354 e. The standard InChI is InChI=1S/C15H13FN2OS/c1-17-15(19)13-8-14-12(5-6-20-14)18(13)9-10-3-2-4-11(16)7-10/h2-8H,9H2,1H3,(H,17,19). The number of nitrogens with one attached hydrogen (secondary N) is 1. The number of amides is 1. The van der Waals surface area contributed by atoms with Crippen LogP contribution in [0.15, 0.2) is 41.8 Å². The number of carbonyl (C=O) groups excluding carboxylic acids is 1. The van der Waals surface area contributed by atoms with Crippen LogP contribution in [0, 0.1) is 5.82 Å². The van der Waals surface area contributed by atoms with Crippen molar-refractivity contribution in [2.45, 2.75) is 6.54 Å². The van der Waals surface area contributed by atoms with E-state index in [9.17, 15) is 9.18 Å². The molecular formula is C15H13FN2OS. The number of thiophene rings is 1. The molecule has 102 valence electrons. The number of hydrogen-bond acceptors (Lipinski definition) is 2. The molecule has 0 bridgehead atoms. The molecule has 20 heavy (non-hydrogen) atoms. The quantitative estimate of drug-likeness (QED) is 0.788. The summed E-state index contributed by atoms with van der Waals surface area (Å²) in [5.74, 6) is -0.400. The van der Waals surface area contributed by atoms with E-state index in [4.69, 9.17) is 0 Å². The van der Waals surface area contributed by atoms with Gasteiger partial charge in [0.1, 0.15) is 11.5 Å². The summed E-state index contributed by atoms with van der Waals surface area (Å²) < 4.78 is 16.3. The number of nitrogens with zero attached hydrogens (tertiary/aromatic N) is 1. The van der Waals surface area contributed by atoms with Crippen LogP contribution < -0.4 is 5.32 Å². The van der Waals surface area contributed by atoms with Gasteiger partial charge in [0.15, 0.2) is 0 Å². The molecule has 0 saturated carbocycles. The van der Waals surface area contributed by atoms with Gasteiger partial charge >= 0.3 is 0 Å². The summed E-state index contributed by atoms with van der Waals surface area (Å²) in [5.41, 5.74) is 2.43. The average Bonchev–Trinajstić information content (AvgIpc) is 3.01. The van der Waals surface area contributed by atoms with E-state index >= 15 is 0 Å². The lowest BCUT2D eigenvalue weighted by atomic mass is 10.2. The van der Waals surface area contributed by atoms with Gasteiger partial charge in [-0.1, -0.05) is 12.1 Å². The van der Waals surface area contributed by atoms with Crippen LogP contribution in [0.2, 0.25) is 0 Å². The Morgan fingerprint density at radius 2 is 2.20 bits per heavy atom. The molecule has 0 spiro atoms. The fourth-order valence-electron chi connectivity index (χ4n) is 2.28. The molecule has 0 aliphatic heterocycles. The Hall–Kier alpha value is -2.14. The first kappa shape index (κ1) is 12.9. The number of aromatic nitrogens is 1. The molecule has 0 saturated heterocycles. The minimum absolute atomic E-state index is 0.134. The second kappa shape index (κ2) is 5.09. The maximum atomic E-state index is 13.3. The Bertz CT molecular complexity index is 775. The number of carbonyl (C=O) groups is 1. The summed E-state index contributed by atoms with van der Waals surface area (Å²) in [5, 5.41) is 4.63. The Morgan fingerprint density at radius 3 is 2.95 bits per heavy atom. The van der Waals surface area contributed by atoms with Gasteiger partial charge in [0, 0.05) is 13.6 Å². The molecule has 0 aliphatic carbocycles. The van der Waals surface area contributed by atoms with E-state index < -0.39 is 0 Å². The van der Waals surface area contributed by atoms with Crippen molar-refractivity contribution in [2.24, 2.45) is 0 Å². The van der Waals surface area contributed by atoms with E-state index in [1.165, 1.54) is 12.1 Å². The van der Waals surface area contributed by atoms with E-state index in [1.54, 1.807) is 24.5 Å². The van der Waals surface area contributed by atoms with Crippen molar-refractivity contribution in [1.29, 1.82) is 0 Å². The summed E-state index contributed by atoms with van der Waals surface area (Å²) in [6.07, 6.45) is 0. The maximum Gasteiger partial charge on any atom is 0.267 e. The fourth-order valence-corrected chi connectivity index (χ4v) is 3.10. The molecule has 0 atom stereocenters. The van der Waals surface area contributed by atoms with Crippen LogP contribution in [0.3, 0.4) is 0 Å². The molecule has 1 N–H and O–H groups in total. The molecule has 2 heterocycles. The van der Waals surface area contributed by atoms with Crippen molar-refractivity contribution >= 4 is 27.5 Å². The normalized spacial score (nSPS) is 10.9. The second-order valence-corrected chi connectivity index (χ2v) is 5.44. The van der Waals surface area contributed by atoms with E-state index in [2.05, 4.69) is 5.32 Å². The molecule has 0 aliphatic rings. The predicted octanol–water partition coefficient (Wildman–Crippen LogP) is 3.25. The third-order valence-electron chi connectivity index (χ3n) is 3.21.